The molecule has 3 saturated carbocycles. The predicted molar refractivity (Wildman–Crippen MR) is 123 cm³/mol. The molecule has 0 bridgehead atoms. The summed E-state index contributed by atoms with van der Waals surface area (Å²) in [5.41, 5.74) is 5.85. The zero-order valence-electron chi connectivity index (χ0n) is 19.9. The van der Waals surface area contributed by atoms with Crippen LogP contribution in [-0.4, -0.2) is 26.8 Å². The van der Waals surface area contributed by atoms with Crippen molar-refractivity contribution < 1.29 is 9.90 Å². The Kier molecular flexibility index (Phi) is 4.89. The number of rotatable bonds is 2. The van der Waals surface area contributed by atoms with Gasteiger partial charge in [0.05, 0.1) is 11.8 Å². The molecule has 31 heavy (non-hydrogen) atoms. The van der Waals surface area contributed by atoms with Crippen LogP contribution < -0.4 is 0 Å². The fourth-order valence-electron chi connectivity index (χ4n) is 7.84. The van der Waals surface area contributed by atoms with Gasteiger partial charge in [0.2, 0.25) is 0 Å². The molecule has 4 aliphatic carbocycles. The number of aryl methyl sites for hydroxylation is 2. The maximum Gasteiger partial charge on any atom is 0.165 e. The molecule has 1 N–H and O–H groups in total. The van der Waals surface area contributed by atoms with E-state index >= 15 is 0 Å². The summed E-state index contributed by atoms with van der Waals surface area (Å²) in [4.78, 5) is 13.7. The van der Waals surface area contributed by atoms with Crippen LogP contribution in [0.15, 0.2) is 17.2 Å². The maximum atomic E-state index is 13.7. The van der Waals surface area contributed by atoms with Gasteiger partial charge in [-0.3, -0.25) is 9.48 Å². The number of nitrogens with zero attached hydrogens (tertiary/aromatic N) is 2. The minimum absolute atomic E-state index is 0.164. The minimum Gasteiger partial charge on any atom is -0.393 e. The number of carbonyl (C=O) groups excluding carboxylic acids is 1. The van der Waals surface area contributed by atoms with E-state index in [-0.39, 0.29) is 16.9 Å². The van der Waals surface area contributed by atoms with Crippen molar-refractivity contribution >= 4 is 11.9 Å². The SMILES string of the molecule is CCn1nc(C)c(/C=C2/C[C@H]3[C@@H]4CC=C5C[C@H](O)CC[C@]5(C)[C@H]4CC[C@]3(C)C2=O)c1C. The summed E-state index contributed by atoms with van der Waals surface area (Å²) in [7, 11) is 0. The average Bonchev–Trinajstić information content (AvgIpc) is 3.16. The summed E-state index contributed by atoms with van der Waals surface area (Å²) in [5.74, 6) is 2.06. The first-order valence-electron chi connectivity index (χ1n) is 12.4. The number of allylic oxidation sites excluding steroid dienone is 2. The zero-order valence-corrected chi connectivity index (χ0v) is 19.9. The Balaban J connectivity index is 1.49. The molecule has 5 rings (SSSR count). The van der Waals surface area contributed by atoms with E-state index in [9.17, 15) is 9.90 Å². The van der Waals surface area contributed by atoms with Crippen LogP contribution in [0.5, 0.6) is 0 Å². The van der Waals surface area contributed by atoms with Gasteiger partial charge in [-0.2, -0.15) is 5.10 Å². The summed E-state index contributed by atoms with van der Waals surface area (Å²) < 4.78 is 2.04. The summed E-state index contributed by atoms with van der Waals surface area (Å²) >= 11 is 0. The topological polar surface area (TPSA) is 55.1 Å². The monoisotopic (exact) mass is 422 g/mol. The molecule has 1 aromatic rings. The van der Waals surface area contributed by atoms with E-state index in [4.69, 9.17) is 0 Å². The number of fused-ring (bicyclic) bond motifs is 5. The van der Waals surface area contributed by atoms with E-state index < -0.39 is 0 Å². The molecular formula is C27H38N2O2. The van der Waals surface area contributed by atoms with Crippen LogP contribution in [0.3, 0.4) is 0 Å². The summed E-state index contributed by atoms with van der Waals surface area (Å²) in [5, 5.41) is 14.9. The van der Waals surface area contributed by atoms with Gasteiger partial charge in [0.15, 0.2) is 5.78 Å². The molecule has 0 radical (unpaired) electrons. The summed E-state index contributed by atoms with van der Waals surface area (Å²) in [6.07, 6.45) is 11.5. The fourth-order valence-corrected chi connectivity index (χ4v) is 7.84. The Hall–Kier alpha value is -1.68. The van der Waals surface area contributed by atoms with E-state index in [2.05, 4.69) is 51.9 Å². The third-order valence-electron chi connectivity index (χ3n) is 9.77. The molecule has 6 atom stereocenters. The van der Waals surface area contributed by atoms with Crippen LogP contribution in [0, 0.1) is 42.4 Å². The number of carbonyl (C=O) groups is 1. The van der Waals surface area contributed by atoms with Gasteiger partial charge in [-0.15, -0.1) is 0 Å². The molecule has 4 aliphatic rings. The number of ketones is 1. The normalized spacial score (nSPS) is 41.0. The number of Topliss-reactive ketones (excluding diaryl/α,β-unsaturated/α-hetero) is 1. The highest BCUT2D eigenvalue weighted by atomic mass is 16.3. The molecule has 168 valence electrons. The van der Waals surface area contributed by atoms with Gasteiger partial charge in [-0.1, -0.05) is 25.5 Å². The molecule has 0 unspecified atom stereocenters. The van der Waals surface area contributed by atoms with Crippen LogP contribution in [0.2, 0.25) is 0 Å². The minimum atomic E-state index is -0.217. The highest BCUT2D eigenvalue weighted by Crippen LogP contribution is 2.64. The van der Waals surface area contributed by atoms with Crippen molar-refractivity contribution in [2.24, 2.45) is 28.6 Å². The van der Waals surface area contributed by atoms with E-state index in [0.717, 1.165) is 74.0 Å². The number of aromatic nitrogens is 2. The molecule has 0 saturated heterocycles. The first kappa shape index (κ1) is 21.2. The van der Waals surface area contributed by atoms with E-state index in [1.165, 1.54) is 5.57 Å². The molecule has 0 aliphatic heterocycles. The van der Waals surface area contributed by atoms with Crippen molar-refractivity contribution in [1.82, 2.24) is 9.78 Å². The van der Waals surface area contributed by atoms with Crippen LogP contribution in [0.1, 0.15) is 82.7 Å². The average molecular weight is 423 g/mol. The largest absolute Gasteiger partial charge is 0.393 e. The molecular weight excluding hydrogens is 384 g/mol. The van der Waals surface area contributed by atoms with E-state index in [1.807, 2.05) is 4.68 Å². The second-order valence-corrected chi connectivity index (χ2v) is 11.2. The zero-order chi connectivity index (χ0) is 22.1. The van der Waals surface area contributed by atoms with Crippen molar-refractivity contribution in [2.75, 3.05) is 0 Å². The molecule has 0 spiro atoms. The first-order chi connectivity index (χ1) is 14.7. The smallest absolute Gasteiger partial charge is 0.165 e. The van der Waals surface area contributed by atoms with E-state index in [0.29, 0.717) is 23.5 Å². The van der Waals surface area contributed by atoms with Gasteiger partial charge in [0.1, 0.15) is 0 Å². The number of hydrogen-bond donors (Lipinski definition) is 1. The van der Waals surface area contributed by atoms with Crippen molar-refractivity contribution in [2.45, 2.75) is 92.2 Å². The molecule has 1 aromatic heterocycles. The van der Waals surface area contributed by atoms with Crippen molar-refractivity contribution in [3.8, 4) is 0 Å². The van der Waals surface area contributed by atoms with Crippen LogP contribution in [0.4, 0.5) is 0 Å². The number of aliphatic hydroxyl groups is 1. The molecule has 4 heteroatoms. The second-order valence-electron chi connectivity index (χ2n) is 11.2. The standard InChI is InChI=1S/C27H38N2O2/c1-6-29-17(3)22(16(2)28-29)13-18-14-24-21-8-7-19-15-20(30)9-11-26(19,4)23(21)10-12-27(24,5)25(18)31/h7,13,20-21,23-24,30H,6,8-12,14-15H2,1-5H3/b18-13-/t20-,21-,23+,24+,26+,27+/m1/s1. The maximum absolute atomic E-state index is 13.7. The van der Waals surface area contributed by atoms with Crippen molar-refractivity contribution in [1.29, 1.82) is 0 Å². The highest BCUT2D eigenvalue weighted by molar-refractivity contribution is 6.06. The Bertz CT molecular complexity index is 986. The predicted octanol–water partition coefficient (Wildman–Crippen LogP) is 5.41. The Morgan fingerprint density at radius 3 is 2.61 bits per heavy atom. The molecule has 4 nitrogen and oxygen atoms in total. The molecule has 1 heterocycles. The van der Waals surface area contributed by atoms with Crippen LogP contribution >= 0.6 is 0 Å². The van der Waals surface area contributed by atoms with Gasteiger partial charge in [0, 0.05) is 23.2 Å². The van der Waals surface area contributed by atoms with Gasteiger partial charge < -0.3 is 5.11 Å². The fraction of sp³-hybridized carbons (Fsp3) is 0.704. The lowest BCUT2D eigenvalue weighted by Crippen LogP contribution is -2.50. The number of aliphatic hydroxyl groups excluding tert-OH is 1. The number of hydrogen-bond acceptors (Lipinski definition) is 3. The van der Waals surface area contributed by atoms with Gasteiger partial charge in [-0.05, 0) is 101 Å². The molecule has 3 fully saturated rings. The summed E-state index contributed by atoms with van der Waals surface area (Å²) in [6.45, 7) is 11.8. The van der Waals surface area contributed by atoms with Gasteiger partial charge >= 0.3 is 0 Å². The van der Waals surface area contributed by atoms with E-state index in [1.54, 1.807) is 0 Å². The third-order valence-corrected chi connectivity index (χ3v) is 9.77. The third kappa shape index (κ3) is 2.97. The summed E-state index contributed by atoms with van der Waals surface area (Å²) in [6, 6.07) is 0. The van der Waals surface area contributed by atoms with Crippen LogP contribution in [0.25, 0.3) is 6.08 Å². The Labute approximate surface area is 186 Å². The van der Waals surface area contributed by atoms with Crippen molar-refractivity contribution in [3.63, 3.8) is 0 Å². The Morgan fingerprint density at radius 1 is 1.16 bits per heavy atom. The lowest BCUT2D eigenvalue weighted by Gasteiger charge is -2.56. The quantitative estimate of drug-likeness (QED) is 0.512. The van der Waals surface area contributed by atoms with Crippen molar-refractivity contribution in [3.05, 3.63) is 34.2 Å². The van der Waals surface area contributed by atoms with Gasteiger partial charge in [0.25, 0.3) is 0 Å². The second kappa shape index (κ2) is 7.16. The first-order valence-corrected chi connectivity index (χ1v) is 12.4. The van der Waals surface area contributed by atoms with Crippen LogP contribution in [-0.2, 0) is 11.3 Å². The molecule has 0 aromatic carbocycles. The highest BCUT2D eigenvalue weighted by Gasteiger charge is 2.59. The molecule has 0 amide bonds. The Morgan fingerprint density at radius 2 is 1.90 bits per heavy atom. The lowest BCUT2D eigenvalue weighted by atomic mass is 9.48. The van der Waals surface area contributed by atoms with Gasteiger partial charge in [-0.25, -0.2) is 0 Å². The lowest BCUT2D eigenvalue weighted by molar-refractivity contribution is -0.130.